The van der Waals surface area contributed by atoms with E-state index < -0.39 is 5.69 Å². The Labute approximate surface area is 166 Å². The number of amides is 1. The Bertz CT molecular complexity index is 1110. The quantitative estimate of drug-likeness (QED) is 0.658. The molecule has 8 heteroatoms. The van der Waals surface area contributed by atoms with Gasteiger partial charge in [-0.3, -0.25) is 18.7 Å². The van der Waals surface area contributed by atoms with Gasteiger partial charge in [0, 0.05) is 6.04 Å². The smallest absolute Gasteiger partial charge is 0.332 e. The Morgan fingerprint density at radius 1 is 1.25 bits per heavy atom. The van der Waals surface area contributed by atoms with Crippen molar-refractivity contribution in [3.05, 3.63) is 62.1 Å². The first kappa shape index (κ1) is 19.9. The summed E-state index contributed by atoms with van der Waals surface area (Å²) in [5.74, 6) is 0.395. The zero-order valence-corrected chi connectivity index (χ0v) is 16.9. The molecule has 28 heavy (non-hydrogen) atoms. The molecule has 148 valence electrons. The maximum Gasteiger partial charge on any atom is 0.332 e. The fraction of sp³-hybridized carbons (Fsp3) is 0.350. The number of nitrogens with zero attached hydrogens (tertiary/aromatic N) is 2. The largest absolute Gasteiger partial charge is 0.497 e. The Morgan fingerprint density at radius 3 is 2.75 bits per heavy atom. The molecule has 7 nitrogen and oxygen atoms in total. The summed E-state index contributed by atoms with van der Waals surface area (Å²) >= 11 is 1.27. The highest BCUT2D eigenvalue weighted by Crippen LogP contribution is 2.16. The molecule has 0 fully saturated rings. The van der Waals surface area contributed by atoms with Crippen molar-refractivity contribution in [3.63, 3.8) is 0 Å². The molecule has 2 heterocycles. The molecule has 0 spiro atoms. The average molecular weight is 401 g/mol. The summed E-state index contributed by atoms with van der Waals surface area (Å²) in [5.41, 5.74) is 0.403. The Morgan fingerprint density at radius 2 is 2.04 bits per heavy atom. The summed E-state index contributed by atoms with van der Waals surface area (Å²) in [6, 6.07) is 8.93. The molecule has 0 unspecified atom stereocenters. The zero-order valence-electron chi connectivity index (χ0n) is 16.1. The number of rotatable bonds is 7. The van der Waals surface area contributed by atoms with E-state index in [4.69, 9.17) is 4.74 Å². The number of hydrogen-bond acceptors (Lipinski definition) is 5. The van der Waals surface area contributed by atoms with Crippen LogP contribution in [0.3, 0.4) is 0 Å². The lowest BCUT2D eigenvalue weighted by Crippen LogP contribution is -2.43. The molecule has 0 radical (unpaired) electrons. The van der Waals surface area contributed by atoms with Gasteiger partial charge in [0.2, 0.25) is 5.91 Å². The average Bonchev–Trinajstić information content (AvgIpc) is 3.18. The molecule has 0 aliphatic rings. The topological polar surface area (TPSA) is 82.3 Å². The van der Waals surface area contributed by atoms with Crippen molar-refractivity contribution in [3.8, 4) is 5.75 Å². The van der Waals surface area contributed by atoms with Crippen LogP contribution in [-0.2, 0) is 17.9 Å². The fourth-order valence-electron chi connectivity index (χ4n) is 2.95. The highest BCUT2D eigenvalue weighted by Gasteiger charge is 2.17. The van der Waals surface area contributed by atoms with Gasteiger partial charge in [0.15, 0.2) is 0 Å². The summed E-state index contributed by atoms with van der Waals surface area (Å²) in [6.45, 7) is 3.86. The molecule has 1 N–H and O–H groups in total. The third kappa shape index (κ3) is 4.01. The summed E-state index contributed by atoms with van der Waals surface area (Å²) in [6.07, 6.45) is 0.795. The molecule has 0 bridgehead atoms. The van der Waals surface area contributed by atoms with Crippen molar-refractivity contribution in [2.75, 3.05) is 7.11 Å². The molecule has 1 aromatic carbocycles. The van der Waals surface area contributed by atoms with Crippen LogP contribution in [0.25, 0.3) is 10.2 Å². The summed E-state index contributed by atoms with van der Waals surface area (Å²) in [5, 5.41) is 4.62. The molecule has 2 aromatic heterocycles. The van der Waals surface area contributed by atoms with E-state index in [0.29, 0.717) is 16.0 Å². The Balaban J connectivity index is 2.05. The van der Waals surface area contributed by atoms with Crippen molar-refractivity contribution in [1.29, 1.82) is 0 Å². The van der Waals surface area contributed by atoms with Crippen molar-refractivity contribution >= 4 is 27.5 Å². The van der Waals surface area contributed by atoms with Crippen LogP contribution in [0.15, 0.2) is 45.3 Å². The van der Waals surface area contributed by atoms with Gasteiger partial charge in [0.25, 0.3) is 5.56 Å². The lowest BCUT2D eigenvalue weighted by Gasteiger charge is -2.15. The second-order valence-electron chi connectivity index (χ2n) is 6.62. The fourth-order valence-corrected chi connectivity index (χ4v) is 3.79. The molecule has 3 rings (SSSR count). The molecular formula is C20H23N3O4S. The molecular weight excluding hydrogens is 378 g/mol. The van der Waals surface area contributed by atoms with Gasteiger partial charge in [-0.15, -0.1) is 11.3 Å². The van der Waals surface area contributed by atoms with E-state index >= 15 is 0 Å². The van der Waals surface area contributed by atoms with Crippen LogP contribution in [0.5, 0.6) is 5.75 Å². The summed E-state index contributed by atoms with van der Waals surface area (Å²) < 4.78 is 8.21. The number of fused-ring (bicyclic) bond motifs is 1. The van der Waals surface area contributed by atoms with E-state index in [1.165, 1.54) is 20.5 Å². The van der Waals surface area contributed by atoms with Crippen molar-refractivity contribution in [1.82, 2.24) is 14.5 Å². The maximum atomic E-state index is 13.1. The monoisotopic (exact) mass is 401 g/mol. The molecule has 1 atom stereocenters. The van der Waals surface area contributed by atoms with Crippen molar-refractivity contribution in [2.45, 2.75) is 39.4 Å². The van der Waals surface area contributed by atoms with E-state index in [0.717, 1.165) is 12.0 Å². The Hall–Kier alpha value is -2.87. The third-order valence-electron chi connectivity index (χ3n) is 4.63. The molecule has 0 saturated heterocycles. The van der Waals surface area contributed by atoms with Crippen LogP contribution in [0.4, 0.5) is 0 Å². The maximum absolute atomic E-state index is 13.1. The second kappa shape index (κ2) is 8.43. The van der Waals surface area contributed by atoms with Gasteiger partial charge in [-0.1, -0.05) is 19.1 Å². The van der Waals surface area contributed by atoms with Gasteiger partial charge in [0.1, 0.15) is 17.0 Å². The van der Waals surface area contributed by atoms with E-state index in [2.05, 4.69) is 5.32 Å². The van der Waals surface area contributed by atoms with E-state index in [1.807, 2.05) is 19.9 Å². The summed E-state index contributed by atoms with van der Waals surface area (Å²) in [7, 11) is 1.56. The van der Waals surface area contributed by atoms with Gasteiger partial charge < -0.3 is 10.1 Å². The lowest BCUT2D eigenvalue weighted by atomic mass is 10.2. The number of thiophene rings is 1. The zero-order chi connectivity index (χ0) is 20.3. The number of carbonyl (C=O) groups excluding carboxylic acids is 1. The predicted molar refractivity (Wildman–Crippen MR) is 110 cm³/mol. The van der Waals surface area contributed by atoms with Crippen molar-refractivity contribution in [2.24, 2.45) is 0 Å². The van der Waals surface area contributed by atoms with Crippen LogP contribution >= 0.6 is 11.3 Å². The highest BCUT2D eigenvalue weighted by molar-refractivity contribution is 7.17. The highest BCUT2D eigenvalue weighted by atomic mass is 32.1. The number of methoxy groups -OCH3 is 1. The van der Waals surface area contributed by atoms with Gasteiger partial charge in [-0.2, -0.15) is 0 Å². The van der Waals surface area contributed by atoms with Crippen LogP contribution in [-0.4, -0.2) is 28.2 Å². The van der Waals surface area contributed by atoms with Crippen LogP contribution in [0.1, 0.15) is 25.8 Å². The molecule has 0 aliphatic heterocycles. The van der Waals surface area contributed by atoms with Crippen molar-refractivity contribution < 1.29 is 9.53 Å². The first-order valence-corrected chi connectivity index (χ1v) is 9.95. The number of ether oxygens (including phenoxy) is 1. The van der Waals surface area contributed by atoms with E-state index in [9.17, 15) is 14.4 Å². The SMILES string of the molecule is CC[C@@H](C)NC(=O)Cn1c(=O)n(Cc2cccc(OC)c2)c(=O)c2sccc21. The number of hydrogen-bond donors (Lipinski definition) is 1. The Kier molecular flexibility index (Phi) is 5.99. The molecule has 0 aliphatic carbocycles. The standard InChI is InChI=1S/C20H23N3O4S/c1-4-13(2)21-17(24)12-22-16-8-9-28-18(16)19(25)23(20(22)26)11-14-6-5-7-15(10-14)27-3/h5-10,13H,4,11-12H2,1-3H3,(H,21,24)/t13-/m1/s1. The lowest BCUT2D eigenvalue weighted by molar-refractivity contribution is -0.122. The summed E-state index contributed by atoms with van der Waals surface area (Å²) in [4.78, 5) is 38.3. The molecule has 1 amide bonds. The van der Waals surface area contributed by atoms with Gasteiger partial charge in [-0.05, 0) is 42.5 Å². The van der Waals surface area contributed by atoms with Gasteiger partial charge in [-0.25, -0.2) is 4.79 Å². The molecule has 0 saturated carbocycles. The van der Waals surface area contributed by atoms with Crippen LogP contribution < -0.4 is 21.3 Å². The first-order valence-electron chi connectivity index (χ1n) is 9.07. The van der Waals surface area contributed by atoms with Gasteiger partial charge in [0.05, 0.1) is 19.2 Å². The first-order chi connectivity index (χ1) is 13.4. The number of nitrogens with one attached hydrogen (secondary N) is 1. The van der Waals surface area contributed by atoms with E-state index in [-0.39, 0.29) is 30.6 Å². The normalized spacial score (nSPS) is 12.1. The predicted octanol–water partition coefficient (Wildman–Crippen LogP) is 2.20. The minimum absolute atomic E-state index is 0.0175. The number of carbonyl (C=O) groups is 1. The minimum atomic E-state index is -0.502. The van der Waals surface area contributed by atoms with E-state index in [1.54, 1.807) is 36.8 Å². The number of benzene rings is 1. The molecule has 3 aromatic rings. The number of aromatic nitrogens is 2. The van der Waals surface area contributed by atoms with Gasteiger partial charge >= 0.3 is 5.69 Å². The van der Waals surface area contributed by atoms with Crippen LogP contribution in [0.2, 0.25) is 0 Å². The second-order valence-corrected chi connectivity index (χ2v) is 7.54. The minimum Gasteiger partial charge on any atom is -0.497 e. The third-order valence-corrected chi connectivity index (χ3v) is 5.52. The van der Waals surface area contributed by atoms with Crippen LogP contribution in [0, 0.1) is 0 Å².